The second kappa shape index (κ2) is 8.45. The van der Waals surface area contributed by atoms with Gasteiger partial charge in [-0.15, -0.1) is 0 Å². The van der Waals surface area contributed by atoms with Crippen LogP contribution in [0.15, 0.2) is 12.2 Å². The van der Waals surface area contributed by atoms with E-state index in [1.54, 1.807) is 0 Å². The van der Waals surface area contributed by atoms with E-state index >= 15 is 0 Å². The fourth-order valence-electron chi connectivity index (χ4n) is 4.50. The molecular formula is C20H31NO4. The van der Waals surface area contributed by atoms with E-state index in [9.17, 15) is 9.59 Å². The van der Waals surface area contributed by atoms with Crippen molar-refractivity contribution in [2.45, 2.75) is 39.5 Å². The maximum Gasteiger partial charge on any atom is 0.233 e. The minimum Gasteiger partial charge on any atom is -0.379 e. The molecule has 1 aliphatic heterocycles. The predicted molar refractivity (Wildman–Crippen MR) is 94.8 cm³/mol. The van der Waals surface area contributed by atoms with Crippen LogP contribution in [-0.2, 0) is 19.1 Å². The Labute approximate surface area is 150 Å². The van der Waals surface area contributed by atoms with Gasteiger partial charge >= 0.3 is 0 Å². The number of fused-ring (bicyclic) bond motifs is 5. The molecule has 1 heterocycles. The number of carbonyl (C=O) groups is 2. The van der Waals surface area contributed by atoms with Crippen molar-refractivity contribution in [2.75, 3.05) is 33.0 Å². The summed E-state index contributed by atoms with van der Waals surface area (Å²) in [6.45, 7) is 7.39. The fourth-order valence-corrected chi connectivity index (χ4v) is 4.50. The Hall–Kier alpha value is -1.20. The first kappa shape index (κ1) is 18.6. The first-order valence-corrected chi connectivity index (χ1v) is 9.86. The number of likely N-dealkylation sites (tertiary alicyclic amines) is 1. The van der Waals surface area contributed by atoms with Gasteiger partial charge in [-0.25, -0.2) is 0 Å². The summed E-state index contributed by atoms with van der Waals surface area (Å²) in [6, 6.07) is 0. The van der Waals surface area contributed by atoms with E-state index in [1.807, 2.05) is 0 Å². The number of rotatable bonds is 11. The van der Waals surface area contributed by atoms with Crippen LogP contribution in [0, 0.1) is 29.6 Å². The standard InChI is InChI=1S/C20H31NO4/c1-3-14(4-2)13-25-11-10-24-9-5-8-21-19(22)17-15-6-7-16(12-15)18(17)20(21)23/h6-7,14-18H,3-5,8-13H2,1-2H3/t15-,16+,17-,18-/m0/s1. The molecule has 3 rings (SSSR count). The summed E-state index contributed by atoms with van der Waals surface area (Å²) in [4.78, 5) is 26.5. The number of hydrogen-bond donors (Lipinski definition) is 0. The van der Waals surface area contributed by atoms with Crippen LogP contribution in [0.3, 0.4) is 0 Å². The van der Waals surface area contributed by atoms with Gasteiger partial charge in [0.2, 0.25) is 11.8 Å². The Morgan fingerprint density at radius 2 is 1.60 bits per heavy atom. The second-order valence-corrected chi connectivity index (χ2v) is 7.55. The molecule has 0 spiro atoms. The van der Waals surface area contributed by atoms with Crippen molar-refractivity contribution in [3.63, 3.8) is 0 Å². The van der Waals surface area contributed by atoms with Gasteiger partial charge in [-0.3, -0.25) is 14.5 Å². The van der Waals surface area contributed by atoms with Gasteiger partial charge in [-0.05, 0) is 30.6 Å². The minimum absolute atomic E-state index is 0.0420. The third-order valence-corrected chi connectivity index (χ3v) is 6.11. The Kier molecular flexibility index (Phi) is 6.29. The van der Waals surface area contributed by atoms with Crippen LogP contribution in [0.2, 0.25) is 0 Å². The molecule has 5 heteroatoms. The number of carbonyl (C=O) groups excluding carboxylic acids is 2. The molecule has 25 heavy (non-hydrogen) atoms. The molecule has 140 valence electrons. The lowest BCUT2D eigenvalue weighted by Gasteiger charge is -2.17. The lowest BCUT2D eigenvalue weighted by molar-refractivity contribution is -0.140. The van der Waals surface area contributed by atoms with Crippen molar-refractivity contribution in [1.82, 2.24) is 4.90 Å². The van der Waals surface area contributed by atoms with Crippen molar-refractivity contribution in [2.24, 2.45) is 29.6 Å². The molecule has 1 saturated heterocycles. The highest BCUT2D eigenvalue weighted by Gasteiger charge is 2.58. The summed E-state index contributed by atoms with van der Waals surface area (Å²) >= 11 is 0. The van der Waals surface area contributed by atoms with Crippen LogP contribution < -0.4 is 0 Å². The molecule has 0 aromatic carbocycles. The average Bonchev–Trinajstić information content (AvgIpc) is 3.29. The molecule has 0 aromatic rings. The first-order chi connectivity index (χ1) is 12.2. The number of imide groups is 1. The monoisotopic (exact) mass is 349 g/mol. The quantitative estimate of drug-likeness (QED) is 0.327. The molecule has 1 saturated carbocycles. The Balaban J connectivity index is 1.29. The maximum atomic E-state index is 12.5. The second-order valence-electron chi connectivity index (χ2n) is 7.55. The normalized spacial score (nSPS) is 30.1. The maximum absolute atomic E-state index is 12.5. The fraction of sp³-hybridized carbons (Fsp3) is 0.800. The zero-order valence-corrected chi connectivity index (χ0v) is 15.5. The molecule has 2 amide bonds. The van der Waals surface area contributed by atoms with Gasteiger partial charge in [0.05, 0.1) is 25.0 Å². The van der Waals surface area contributed by atoms with E-state index < -0.39 is 0 Å². The van der Waals surface area contributed by atoms with E-state index in [0.717, 1.165) is 25.9 Å². The van der Waals surface area contributed by atoms with Crippen molar-refractivity contribution >= 4 is 11.8 Å². The number of amides is 2. The smallest absolute Gasteiger partial charge is 0.233 e. The van der Waals surface area contributed by atoms with Gasteiger partial charge in [0.1, 0.15) is 0 Å². The highest BCUT2D eigenvalue weighted by molar-refractivity contribution is 6.06. The van der Waals surface area contributed by atoms with Crippen LogP contribution in [0.25, 0.3) is 0 Å². The summed E-state index contributed by atoms with van der Waals surface area (Å²) in [7, 11) is 0. The number of nitrogens with zero attached hydrogens (tertiary/aromatic N) is 1. The van der Waals surface area contributed by atoms with Crippen LogP contribution in [-0.4, -0.2) is 49.7 Å². The van der Waals surface area contributed by atoms with Gasteiger partial charge in [0.15, 0.2) is 0 Å². The molecule has 0 N–H and O–H groups in total. The lowest BCUT2D eigenvalue weighted by atomic mass is 9.85. The van der Waals surface area contributed by atoms with Crippen LogP contribution >= 0.6 is 0 Å². The molecule has 5 nitrogen and oxygen atoms in total. The molecule has 0 aromatic heterocycles. The molecule has 2 fully saturated rings. The van der Waals surface area contributed by atoms with E-state index in [-0.39, 0.29) is 23.7 Å². The number of allylic oxidation sites excluding steroid dienone is 2. The SMILES string of the molecule is CCC(CC)COCCOCCCN1C(=O)[C@@H]2[C@@H](C1=O)[C@H]1C=C[C@@H]2C1. The summed E-state index contributed by atoms with van der Waals surface area (Å²) < 4.78 is 11.2. The van der Waals surface area contributed by atoms with Gasteiger partial charge in [-0.2, -0.15) is 0 Å². The Bertz CT molecular complexity index is 484. The zero-order chi connectivity index (χ0) is 17.8. The van der Waals surface area contributed by atoms with Gasteiger partial charge in [0, 0.05) is 19.8 Å². The Morgan fingerprint density at radius 1 is 1.00 bits per heavy atom. The van der Waals surface area contributed by atoms with Gasteiger partial charge in [0.25, 0.3) is 0 Å². The van der Waals surface area contributed by atoms with E-state index in [0.29, 0.717) is 50.5 Å². The zero-order valence-electron chi connectivity index (χ0n) is 15.5. The third-order valence-electron chi connectivity index (χ3n) is 6.11. The van der Waals surface area contributed by atoms with Crippen molar-refractivity contribution in [3.8, 4) is 0 Å². The van der Waals surface area contributed by atoms with E-state index in [1.165, 1.54) is 4.90 Å². The molecule has 2 bridgehead atoms. The van der Waals surface area contributed by atoms with Crippen LogP contribution in [0.1, 0.15) is 39.5 Å². The van der Waals surface area contributed by atoms with Crippen LogP contribution in [0.5, 0.6) is 0 Å². The van der Waals surface area contributed by atoms with Crippen molar-refractivity contribution in [1.29, 1.82) is 0 Å². The molecule has 0 unspecified atom stereocenters. The Morgan fingerprint density at radius 3 is 2.20 bits per heavy atom. The largest absolute Gasteiger partial charge is 0.379 e. The van der Waals surface area contributed by atoms with Crippen molar-refractivity contribution in [3.05, 3.63) is 12.2 Å². The summed E-state index contributed by atoms with van der Waals surface area (Å²) in [6.07, 6.45) is 8.24. The summed E-state index contributed by atoms with van der Waals surface area (Å²) in [5, 5.41) is 0. The van der Waals surface area contributed by atoms with Crippen LogP contribution in [0.4, 0.5) is 0 Å². The molecular weight excluding hydrogens is 318 g/mol. The molecule has 0 radical (unpaired) electrons. The lowest BCUT2D eigenvalue weighted by Crippen LogP contribution is -2.34. The molecule has 3 aliphatic rings. The van der Waals surface area contributed by atoms with Crippen molar-refractivity contribution < 1.29 is 19.1 Å². The summed E-state index contributed by atoms with van der Waals surface area (Å²) in [5.41, 5.74) is 0. The predicted octanol–water partition coefficient (Wildman–Crippen LogP) is 2.65. The number of hydrogen-bond acceptors (Lipinski definition) is 4. The topological polar surface area (TPSA) is 55.8 Å². The van der Waals surface area contributed by atoms with E-state index in [2.05, 4.69) is 26.0 Å². The van der Waals surface area contributed by atoms with E-state index in [4.69, 9.17) is 9.47 Å². The third kappa shape index (κ3) is 3.82. The molecule has 2 aliphatic carbocycles. The first-order valence-electron chi connectivity index (χ1n) is 9.86. The van der Waals surface area contributed by atoms with Gasteiger partial charge < -0.3 is 9.47 Å². The molecule has 4 atom stereocenters. The highest BCUT2D eigenvalue weighted by Crippen LogP contribution is 2.52. The average molecular weight is 349 g/mol. The number of ether oxygens (including phenoxy) is 2. The van der Waals surface area contributed by atoms with Gasteiger partial charge in [-0.1, -0.05) is 38.8 Å². The highest BCUT2D eigenvalue weighted by atomic mass is 16.5. The summed E-state index contributed by atoms with van der Waals surface area (Å²) in [5.74, 6) is 1.14. The minimum atomic E-state index is -0.0816.